The molecule has 0 saturated carbocycles. The number of aromatic nitrogens is 3. The minimum Gasteiger partial charge on any atom is -0.444 e. The van der Waals surface area contributed by atoms with Crippen molar-refractivity contribution in [3.63, 3.8) is 0 Å². The number of anilines is 1. The van der Waals surface area contributed by atoms with Gasteiger partial charge in [0.1, 0.15) is 17.7 Å². The number of ether oxygens (including phenoxy) is 2. The highest BCUT2D eigenvalue weighted by Gasteiger charge is 2.37. The highest BCUT2D eigenvalue weighted by molar-refractivity contribution is 6.74. The van der Waals surface area contributed by atoms with Gasteiger partial charge in [0.25, 0.3) is 0 Å². The predicted molar refractivity (Wildman–Crippen MR) is 182 cm³/mol. The van der Waals surface area contributed by atoms with Gasteiger partial charge in [-0.25, -0.2) is 19.6 Å². The number of carbonyl (C=O) groups is 2. The van der Waals surface area contributed by atoms with Gasteiger partial charge in [0.15, 0.2) is 8.32 Å². The van der Waals surface area contributed by atoms with Gasteiger partial charge >= 0.3 is 18.3 Å². The Balaban J connectivity index is 1.32. The Kier molecular flexibility index (Phi) is 9.60. The Hall–Kier alpha value is -4.43. The average Bonchev–Trinajstić information content (AvgIpc) is 3.41. The lowest BCUT2D eigenvalue weighted by Crippen LogP contribution is -2.40. The van der Waals surface area contributed by atoms with Crippen molar-refractivity contribution in [2.75, 3.05) is 11.9 Å². The molecule has 10 nitrogen and oxygen atoms in total. The number of nitrogens with one attached hydrogen (secondary N) is 1. The van der Waals surface area contributed by atoms with Gasteiger partial charge in [-0.3, -0.25) is 4.57 Å². The Labute approximate surface area is 284 Å². The molecule has 0 spiro atoms. The van der Waals surface area contributed by atoms with E-state index < -0.39 is 37.8 Å². The molecule has 0 fully saturated rings. The standard InChI is InChI=1S/C35H42F3N5O5Si/c1-33(2,3)48-32(45)42-13-12-27-28(19-42)39-21-40-30(27)47-26-9-10-29-23(17-26)11-14-43(29)31(44)41-25-16-22(15-24(18-25)35(36,37)38)20-46-49(7,8)34(4,5)6/h9-11,14-18,21H,12-13,19-20H2,1-8H3,(H,41,44). The molecule has 2 aromatic carbocycles. The summed E-state index contributed by atoms with van der Waals surface area (Å²) in [5, 5.41) is 3.17. The van der Waals surface area contributed by atoms with E-state index in [9.17, 15) is 22.8 Å². The molecule has 0 aliphatic carbocycles. The SMILES string of the molecule is CC(C)(C)OC(=O)N1CCc2c(ncnc2Oc2ccc3c(ccn3C(=O)Nc3cc(CO[Si](C)(C)C(C)(C)C)cc(C(F)(F)F)c3)c2)C1. The summed E-state index contributed by atoms with van der Waals surface area (Å²) in [4.78, 5) is 36.2. The van der Waals surface area contributed by atoms with Gasteiger partial charge in [-0.05, 0) is 93.4 Å². The second-order valence-corrected chi connectivity index (χ2v) is 19.5. The number of halogens is 3. The third-order valence-electron chi connectivity index (χ3n) is 8.69. The minimum absolute atomic E-state index is 0.00392. The second kappa shape index (κ2) is 13.1. The van der Waals surface area contributed by atoms with E-state index in [-0.39, 0.29) is 23.9 Å². The number of fused-ring (bicyclic) bond motifs is 2. The second-order valence-electron chi connectivity index (χ2n) is 14.7. The lowest BCUT2D eigenvalue weighted by Gasteiger charge is -2.36. The van der Waals surface area contributed by atoms with Crippen LogP contribution in [0.15, 0.2) is 55.0 Å². The maximum absolute atomic E-state index is 13.8. The zero-order chi connectivity index (χ0) is 35.9. The van der Waals surface area contributed by atoms with Gasteiger partial charge in [-0.1, -0.05) is 20.8 Å². The number of rotatable bonds is 6. The predicted octanol–water partition coefficient (Wildman–Crippen LogP) is 9.14. The molecule has 0 saturated heterocycles. The zero-order valence-corrected chi connectivity index (χ0v) is 30.0. The van der Waals surface area contributed by atoms with E-state index in [4.69, 9.17) is 13.9 Å². The van der Waals surface area contributed by atoms with Crippen LogP contribution in [0.1, 0.15) is 63.9 Å². The van der Waals surface area contributed by atoms with Gasteiger partial charge < -0.3 is 24.1 Å². The van der Waals surface area contributed by atoms with Crippen molar-refractivity contribution in [3.8, 4) is 11.6 Å². The molecule has 49 heavy (non-hydrogen) atoms. The van der Waals surface area contributed by atoms with Crippen molar-refractivity contribution >= 4 is 37.0 Å². The first kappa shape index (κ1) is 35.9. The van der Waals surface area contributed by atoms with E-state index in [0.717, 1.165) is 17.7 Å². The molecular weight excluding hydrogens is 655 g/mol. The zero-order valence-electron chi connectivity index (χ0n) is 29.0. The van der Waals surface area contributed by atoms with Crippen LogP contribution in [-0.4, -0.2) is 52.0 Å². The molecule has 2 aromatic heterocycles. The molecule has 4 aromatic rings. The summed E-state index contributed by atoms with van der Waals surface area (Å²) in [7, 11) is -2.23. The quantitative estimate of drug-likeness (QED) is 0.200. The molecule has 0 radical (unpaired) electrons. The summed E-state index contributed by atoms with van der Waals surface area (Å²) in [6, 6.07) is 9.67. The molecule has 1 aliphatic rings. The fourth-order valence-electron chi connectivity index (χ4n) is 5.04. The molecule has 262 valence electrons. The van der Waals surface area contributed by atoms with Crippen molar-refractivity contribution in [2.24, 2.45) is 0 Å². The number of hydrogen-bond acceptors (Lipinski definition) is 7. The molecule has 14 heteroatoms. The summed E-state index contributed by atoms with van der Waals surface area (Å²) in [5.41, 5.74) is 0.813. The lowest BCUT2D eigenvalue weighted by atomic mass is 10.1. The summed E-state index contributed by atoms with van der Waals surface area (Å²) >= 11 is 0. The highest BCUT2D eigenvalue weighted by Crippen LogP contribution is 2.38. The van der Waals surface area contributed by atoms with E-state index in [1.54, 1.807) is 29.2 Å². The lowest BCUT2D eigenvalue weighted by molar-refractivity contribution is -0.137. The van der Waals surface area contributed by atoms with Crippen LogP contribution in [0.5, 0.6) is 11.6 Å². The number of nitrogens with zero attached hydrogens (tertiary/aromatic N) is 4. The van der Waals surface area contributed by atoms with Crippen molar-refractivity contribution in [1.29, 1.82) is 0 Å². The number of amides is 2. The molecule has 0 bridgehead atoms. The van der Waals surface area contributed by atoms with Gasteiger partial charge in [-0.2, -0.15) is 13.2 Å². The topological polar surface area (TPSA) is 108 Å². The van der Waals surface area contributed by atoms with Gasteiger partial charge in [0.2, 0.25) is 5.88 Å². The Morgan fingerprint density at radius 1 is 0.980 bits per heavy atom. The van der Waals surface area contributed by atoms with Gasteiger partial charge in [0, 0.05) is 29.4 Å². The molecule has 1 aliphatic heterocycles. The van der Waals surface area contributed by atoms with Crippen LogP contribution >= 0.6 is 0 Å². The molecule has 5 rings (SSSR count). The smallest absolute Gasteiger partial charge is 0.416 e. The van der Waals surface area contributed by atoms with Crippen molar-refractivity contribution in [3.05, 3.63) is 77.4 Å². The fraction of sp³-hybridized carbons (Fsp3) is 0.429. The first-order valence-electron chi connectivity index (χ1n) is 16.0. The van der Waals surface area contributed by atoms with E-state index in [1.807, 2.05) is 33.9 Å². The molecule has 1 N–H and O–H groups in total. The first-order valence-corrected chi connectivity index (χ1v) is 18.9. The van der Waals surface area contributed by atoms with E-state index in [0.29, 0.717) is 46.8 Å². The van der Waals surface area contributed by atoms with Crippen LogP contribution in [0.2, 0.25) is 18.1 Å². The van der Waals surface area contributed by atoms with Crippen LogP contribution in [-0.2, 0) is 34.9 Å². The van der Waals surface area contributed by atoms with Crippen LogP contribution in [0.3, 0.4) is 0 Å². The van der Waals surface area contributed by atoms with Crippen molar-refractivity contribution < 1.29 is 36.7 Å². The number of alkyl halides is 3. The molecular formula is C35H42F3N5O5Si. The molecule has 2 amide bonds. The first-order chi connectivity index (χ1) is 22.7. The van der Waals surface area contributed by atoms with Crippen LogP contribution < -0.4 is 10.1 Å². The van der Waals surface area contributed by atoms with Crippen molar-refractivity contribution in [1.82, 2.24) is 19.4 Å². The van der Waals surface area contributed by atoms with Crippen LogP contribution in [0, 0.1) is 0 Å². The third-order valence-corrected chi connectivity index (χ3v) is 13.2. The highest BCUT2D eigenvalue weighted by atomic mass is 28.4. The minimum atomic E-state index is -4.61. The van der Waals surface area contributed by atoms with E-state index in [1.165, 1.54) is 23.2 Å². The van der Waals surface area contributed by atoms with E-state index >= 15 is 0 Å². The van der Waals surface area contributed by atoms with E-state index in [2.05, 4.69) is 36.1 Å². The molecule has 0 unspecified atom stereocenters. The maximum atomic E-state index is 13.8. The van der Waals surface area contributed by atoms with Gasteiger partial charge in [0.05, 0.1) is 29.9 Å². The third kappa shape index (κ3) is 8.42. The van der Waals surface area contributed by atoms with Gasteiger partial charge in [-0.15, -0.1) is 0 Å². The number of benzene rings is 2. The largest absolute Gasteiger partial charge is 0.444 e. The molecule has 3 heterocycles. The number of carbonyl (C=O) groups excluding carboxylic acids is 2. The number of hydrogen-bond donors (Lipinski definition) is 1. The summed E-state index contributed by atoms with van der Waals surface area (Å²) in [5.74, 6) is 0.827. The Morgan fingerprint density at radius 2 is 1.71 bits per heavy atom. The monoisotopic (exact) mass is 697 g/mol. The average molecular weight is 698 g/mol. The normalized spacial score (nSPS) is 14.1. The Bertz CT molecular complexity index is 1880. The Morgan fingerprint density at radius 3 is 2.39 bits per heavy atom. The van der Waals surface area contributed by atoms with Crippen LogP contribution in [0.4, 0.5) is 28.4 Å². The van der Waals surface area contributed by atoms with Crippen LogP contribution in [0.25, 0.3) is 10.9 Å². The summed E-state index contributed by atoms with van der Waals surface area (Å²) < 4.78 is 60.6. The van der Waals surface area contributed by atoms with Crippen molar-refractivity contribution in [2.45, 2.75) is 91.0 Å². The summed E-state index contributed by atoms with van der Waals surface area (Å²) in [6.45, 7) is 16.3. The summed E-state index contributed by atoms with van der Waals surface area (Å²) in [6.07, 6.45) is -1.63. The molecule has 0 atom stereocenters. The maximum Gasteiger partial charge on any atom is 0.416 e. The fourth-order valence-corrected chi connectivity index (χ4v) is 6.00.